The summed E-state index contributed by atoms with van der Waals surface area (Å²) < 4.78 is 2.62. The molecule has 2 aromatic heterocycles. The van der Waals surface area contributed by atoms with Crippen LogP contribution in [0.3, 0.4) is 0 Å². The van der Waals surface area contributed by atoms with Crippen molar-refractivity contribution in [2.24, 2.45) is 0 Å². The van der Waals surface area contributed by atoms with Gasteiger partial charge in [0.15, 0.2) is 0 Å². The molecule has 1 N–H and O–H groups in total. The maximum Gasteiger partial charge on any atom is 0.293 e. The van der Waals surface area contributed by atoms with Gasteiger partial charge in [0.1, 0.15) is 18.4 Å². The molecule has 0 spiro atoms. The third-order valence-corrected chi connectivity index (χ3v) is 4.46. The van der Waals surface area contributed by atoms with Gasteiger partial charge >= 0.3 is 0 Å². The van der Waals surface area contributed by atoms with E-state index in [1.54, 1.807) is 6.07 Å². The molecule has 1 atom stereocenters. The molecule has 3 aromatic rings. The van der Waals surface area contributed by atoms with Crippen molar-refractivity contribution in [2.75, 3.05) is 0 Å². The average Bonchev–Trinajstić information content (AvgIpc) is 3.09. The summed E-state index contributed by atoms with van der Waals surface area (Å²) in [5.74, 6) is -0.229. The highest BCUT2D eigenvalue weighted by Crippen LogP contribution is 2.19. The molecule has 1 amide bonds. The van der Waals surface area contributed by atoms with Crippen LogP contribution in [-0.4, -0.2) is 31.3 Å². The summed E-state index contributed by atoms with van der Waals surface area (Å²) in [5, 5.41) is 11.3. The summed E-state index contributed by atoms with van der Waals surface area (Å²) in [6, 6.07) is 9.88. The molecule has 0 unspecified atom stereocenters. The number of rotatable bonds is 6. The Morgan fingerprint density at radius 1 is 1.23 bits per heavy atom. The van der Waals surface area contributed by atoms with Crippen LogP contribution in [0.5, 0.6) is 0 Å². The number of amides is 1. The molecule has 0 bridgehead atoms. The lowest BCUT2D eigenvalue weighted by molar-refractivity contribution is -0.122. The first-order valence-electron chi connectivity index (χ1n) is 8.86. The SMILES string of the molecule is CCc1ccc(-c2cc3c(=O)n(CC(=O)N[C@H](C)CC)ncn3n2)cc1. The van der Waals surface area contributed by atoms with Crippen LogP contribution in [0.2, 0.25) is 0 Å². The lowest BCUT2D eigenvalue weighted by Gasteiger charge is -2.11. The number of fused-ring (bicyclic) bond motifs is 1. The minimum atomic E-state index is -0.337. The van der Waals surface area contributed by atoms with Gasteiger partial charge in [-0.1, -0.05) is 38.1 Å². The van der Waals surface area contributed by atoms with Gasteiger partial charge in [0.05, 0.1) is 5.69 Å². The summed E-state index contributed by atoms with van der Waals surface area (Å²) >= 11 is 0. The number of benzene rings is 1. The second-order valence-corrected chi connectivity index (χ2v) is 6.38. The fourth-order valence-corrected chi connectivity index (χ4v) is 2.66. The number of aryl methyl sites for hydroxylation is 1. The summed E-state index contributed by atoms with van der Waals surface area (Å²) in [6.07, 6.45) is 3.26. The van der Waals surface area contributed by atoms with E-state index in [1.807, 2.05) is 26.0 Å². The van der Waals surface area contributed by atoms with Gasteiger partial charge in [-0.3, -0.25) is 9.59 Å². The maximum absolute atomic E-state index is 12.6. The van der Waals surface area contributed by atoms with Gasteiger partial charge in [-0.25, -0.2) is 9.20 Å². The average molecular weight is 353 g/mol. The van der Waals surface area contributed by atoms with Crippen molar-refractivity contribution in [1.82, 2.24) is 24.7 Å². The molecule has 1 aromatic carbocycles. The highest BCUT2D eigenvalue weighted by Gasteiger charge is 2.13. The fourth-order valence-electron chi connectivity index (χ4n) is 2.66. The molecule has 3 rings (SSSR count). The molecule has 0 aliphatic rings. The molecular formula is C19H23N5O2. The molecule has 7 nitrogen and oxygen atoms in total. The van der Waals surface area contributed by atoms with Gasteiger partial charge in [-0.15, -0.1) is 0 Å². The Kier molecular flexibility index (Phi) is 5.16. The predicted molar refractivity (Wildman–Crippen MR) is 100.0 cm³/mol. The predicted octanol–water partition coefficient (Wildman–Crippen LogP) is 2.04. The van der Waals surface area contributed by atoms with E-state index in [4.69, 9.17) is 0 Å². The molecule has 0 radical (unpaired) electrons. The van der Waals surface area contributed by atoms with Crippen LogP contribution < -0.4 is 10.9 Å². The van der Waals surface area contributed by atoms with Gasteiger partial charge < -0.3 is 5.32 Å². The molecule has 2 heterocycles. The van der Waals surface area contributed by atoms with Crippen LogP contribution in [0.15, 0.2) is 41.5 Å². The zero-order valence-corrected chi connectivity index (χ0v) is 15.3. The Bertz CT molecular complexity index is 972. The van der Waals surface area contributed by atoms with E-state index in [1.165, 1.54) is 21.1 Å². The zero-order chi connectivity index (χ0) is 18.7. The molecular weight excluding hydrogens is 330 g/mol. The summed E-state index contributed by atoms with van der Waals surface area (Å²) in [5.41, 5.74) is 2.94. The first-order chi connectivity index (χ1) is 12.5. The normalized spacial score (nSPS) is 12.3. The van der Waals surface area contributed by atoms with Crippen LogP contribution in [-0.2, 0) is 17.8 Å². The number of aromatic nitrogens is 4. The lowest BCUT2D eigenvalue weighted by atomic mass is 10.1. The molecule has 26 heavy (non-hydrogen) atoms. The van der Waals surface area contributed by atoms with Crippen molar-refractivity contribution in [2.45, 2.75) is 46.2 Å². The standard InChI is InChI=1S/C19H23N5O2/c1-4-13(3)21-18(25)11-23-19(26)17-10-16(22-24(17)12-20-23)15-8-6-14(5-2)7-9-15/h6-10,12-13H,4-5,11H2,1-3H3,(H,21,25)/t13-/m1/s1. The van der Waals surface area contributed by atoms with Crippen molar-refractivity contribution >= 4 is 11.4 Å². The summed E-state index contributed by atoms with van der Waals surface area (Å²) in [4.78, 5) is 24.6. The van der Waals surface area contributed by atoms with E-state index in [2.05, 4.69) is 34.6 Å². The van der Waals surface area contributed by atoms with E-state index in [9.17, 15) is 9.59 Å². The molecule has 7 heteroatoms. The van der Waals surface area contributed by atoms with Gasteiger partial charge in [0.2, 0.25) is 5.91 Å². The van der Waals surface area contributed by atoms with Crippen molar-refractivity contribution in [3.8, 4) is 11.3 Å². The third-order valence-electron chi connectivity index (χ3n) is 4.46. The molecule has 0 aliphatic heterocycles. The largest absolute Gasteiger partial charge is 0.352 e. The Balaban J connectivity index is 1.89. The number of hydrogen-bond acceptors (Lipinski definition) is 4. The van der Waals surface area contributed by atoms with Gasteiger partial charge in [0, 0.05) is 11.6 Å². The van der Waals surface area contributed by atoms with Crippen molar-refractivity contribution in [3.05, 3.63) is 52.6 Å². The molecule has 0 aliphatic carbocycles. The van der Waals surface area contributed by atoms with Crippen LogP contribution in [0.1, 0.15) is 32.8 Å². The number of carbonyl (C=O) groups is 1. The van der Waals surface area contributed by atoms with Crippen molar-refractivity contribution in [1.29, 1.82) is 0 Å². The molecule has 136 valence electrons. The van der Waals surface area contributed by atoms with E-state index in [0.717, 1.165) is 18.4 Å². The monoisotopic (exact) mass is 353 g/mol. The smallest absolute Gasteiger partial charge is 0.293 e. The quantitative estimate of drug-likeness (QED) is 0.735. The number of carbonyl (C=O) groups excluding carboxylic acids is 1. The van der Waals surface area contributed by atoms with Crippen molar-refractivity contribution in [3.63, 3.8) is 0 Å². The summed E-state index contributed by atoms with van der Waals surface area (Å²) in [7, 11) is 0. The van der Waals surface area contributed by atoms with Gasteiger partial charge in [-0.05, 0) is 31.4 Å². The fraction of sp³-hybridized carbons (Fsp3) is 0.368. The summed E-state index contributed by atoms with van der Waals surface area (Å²) in [6.45, 7) is 5.91. The second kappa shape index (κ2) is 7.51. The number of nitrogens with one attached hydrogen (secondary N) is 1. The van der Waals surface area contributed by atoms with Crippen LogP contribution >= 0.6 is 0 Å². The Morgan fingerprint density at radius 2 is 1.96 bits per heavy atom. The minimum absolute atomic E-state index is 0.0644. The van der Waals surface area contributed by atoms with E-state index in [0.29, 0.717) is 11.2 Å². The number of hydrogen-bond donors (Lipinski definition) is 1. The Labute approximate surface area is 151 Å². The highest BCUT2D eigenvalue weighted by molar-refractivity contribution is 5.76. The highest BCUT2D eigenvalue weighted by atomic mass is 16.2. The van der Waals surface area contributed by atoms with Gasteiger partial charge in [-0.2, -0.15) is 10.2 Å². The molecule has 0 fully saturated rings. The van der Waals surface area contributed by atoms with E-state index >= 15 is 0 Å². The van der Waals surface area contributed by atoms with Crippen LogP contribution in [0.25, 0.3) is 16.8 Å². The van der Waals surface area contributed by atoms with Gasteiger partial charge in [0.25, 0.3) is 5.56 Å². The second-order valence-electron chi connectivity index (χ2n) is 6.38. The van der Waals surface area contributed by atoms with Crippen LogP contribution in [0, 0.1) is 0 Å². The maximum atomic E-state index is 12.6. The first kappa shape index (κ1) is 17.8. The van der Waals surface area contributed by atoms with Crippen LogP contribution in [0.4, 0.5) is 0 Å². The molecule has 0 saturated heterocycles. The minimum Gasteiger partial charge on any atom is -0.352 e. The van der Waals surface area contributed by atoms with E-state index in [-0.39, 0.29) is 24.1 Å². The first-order valence-corrected chi connectivity index (χ1v) is 8.86. The van der Waals surface area contributed by atoms with E-state index < -0.39 is 0 Å². The Hall–Kier alpha value is -2.96. The van der Waals surface area contributed by atoms with Crippen molar-refractivity contribution < 1.29 is 4.79 Å². The Morgan fingerprint density at radius 3 is 2.62 bits per heavy atom. The lowest BCUT2D eigenvalue weighted by Crippen LogP contribution is -2.38. The molecule has 0 saturated carbocycles. The third kappa shape index (κ3) is 3.66. The number of nitrogens with zero attached hydrogens (tertiary/aromatic N) is 4. The zero-order valence-electron chi connectivity index (χ0n) is 15.3. The topological polar surface area (TPSA) is 81.3 Å².